The van der Waals surface area contributed by atoms with Crippen molar-refractivity contribution in [2.75, 3.05) is 25.9 Å². The third-order valence-electron chi connectivity index (χ3n) is 3.89. The Hall–Kier alpha value is -1.07. The van der Waals surface area contributed by atoms with E-state index < -0.39 is 0 Å². The second-order valence-electron chi connectivity index (χ2n) is 5.31. The van der Waals surface area contributed by atoms with Crippen LogP contribution >= 0.6 is 15.9 Å². The zero-order valence-electron chi connectivity index (χ0n) is 11.6. The number of carbonyl (C=O) groups excluding carboxylic acids is 1. The van der Waals surface area contributed by atoms with Crippen LogP contribution in [0.25, 0.3) is 0 Å². The summed E-state index contributed by atoms with van der Waals surface area (Å²) >= 11 is 3.39. The standard InChI is InChI=1S/C14H20BrN3O/c1-9-7-18(8-10(2)17(9)3)14(19)12-6-11(15)4-5-13(12)16/h4-6,9-10H,7-8,16H2,1-3H3. The van der Waals surface area contributed by atoms with E-state index in [0.717, 1.165) is 17.6 Å². The summed E-state index contributed by atoms with van der Waals surface area (Å²) in [6, 6.07) is 6.13. The zero-order chi connectivity index (χ0) is 14.2. The molecular weight excluding hydrogens is 306 g/mol. The fourth-order valence-electron chi connectivity index (χ4n) is 2.45. The van der Waals surface area contributed by atoms with Crippen molar-refractivity contribution in [2.45, 2.75) is 25.9 Å². The summed E-state index contributed by atoms with van der Waals surface area (Å²) in [5.41, 5.74) is 7.03. The van der Waals surface area contributed by atoms with Crippen LogP contribution in [0.3, 0.4) is 0 Å². The van der Waals surface area contributed by atoms with Gasteiger partial charge in [0.05, 0.1) is 5.56 Å². The van der Waals surface area contributed by atoms with E-state index in [1.807, 2.05) is 11.0 Å². The molecule has 1 heterocycles. The van der Waals surface area contributed by atoms with Crippen LogP contribution in [0.4, 0.5) is 5.69 Å². The van der Waals surface area contributed by atoms with Gasteiger partial charge in [0.1, 0.15) is 0 Å². The summed E-state index contributed by atoms with van der Waals surface area (Å²) in [5.74, 6) is 0.0191. The van der Waals surface area contributed by atoms with Crippen molar-refractivity contribution < 1.29 is 4.79 Å². The van der Waals surface area contributed by atoms with Gasteiger partial charge in [-0.15, -0.1) is 0 Å². The van der Waals surface area contributed by atoms with Crippen molar-refractivity contribution in [1.82, 2.24) is 9.80 Å². The first kappa shape index (κ1) is 14.3. The van der Waals surface area contributed by atoms with Crippen LogP contribution in [-0.4, -0.2) is 47.9 Å². The van der Waals surface area contributed by atoms with Crippen LogP contribution in [0.15, 0.2) is 22.7 Å². The number of anilines is 1. The first-order valence-electron chi connectivity index (χ1n) is 6.46. The highest BCUT2D eigenvalue weighted by Gasteiger charge is 2.30. The molecule has 2 N–H and O–H groups in total. The van der Waals surface area contributed by atoms with Crippen LogP contribution in [-0.2, 0) is 0 Å². The maximum atomic E-state index is 12.6. The molecule has 0 aromatic heterocycles. The van der Waals surface area contributed by atoms with Gasteiger partial charge in [0.2, 0.25) is 0 Å². The third kappa shape index (κ3) is 2.92. The number of hydrogen-bond donors (Lipinski definition) is 1. The van der Waals surface area contributed by atoms with Crippen LogP contribution in [0, 0.1) is 0 Å². The number of likely N-dealkylation sites (N-methyl/N-ethyl adjacent to an activating group) is 1. The summed E-state index contributed by atoms with van der Waals surface area (Å²) in [5, 5.41) is 0. The lowest BCUT2D eigenvalue weighted by Gasteiger charge is -2.42. The minimum Gasteiger partial charge on any atom is -0.398 e. The molecule has 4 nitrogen and oxygen atoms in total. The van der Waals surface area contributed by atoms with Gasteiger partial charge in [0, 0.05) is 35.3 Å². The van der Waals surface area contributed by atoms with Gasteiger partial charge in [-0.3, -0.25) is 9.69 Å². The molecule has 1 aromatic rings. The zero-order valence-corrected chi connectivity index (χ0v) is 13.1. The smallest absolute Gasteiger partial charge is 0.256 e. The molecule has 0 spiro atoms. The minimum absolute atomic E-state index is 0.0191. The van der Waals surface area contributed by atoms with Crippen LogP contribution in [0.1, 0.15) is 24.2 Å². The Bertz CT molecular complexity index is 480. The van der Waals surface area contributed by atoms with Gasteiger partial charge < -0.3 is 10.6 Å². The number of rotatable bonds is 1. The van der Waals surface area contributed by atoms with Crippen molar-refractivity contribution in [3.63, 3.8) is 0 Å². The van der Waals surface area contributed by atoms with Gasteiger partial charge in [-0.2, -0.15) is 0 Å². The molecule has 1 aliphatic rings. The highest BCUT2D eigenvalue weighted by atomic mass is 79.9. The third-order valence-corrected chi connectivity index (χ3v) is 4.39. The van der Waals surface area contributed by atoms with Gasteiger partial charge in [-0.05, 0) is 39.1 Å². The minimum atomic E-state index is 0.0191. The number of nitrogens with two attached hydrogens (primary N) is 1. The van der Waals surface area contributed by atoms with E-state index >= 15 is 0 Å². The molecule has 19 heavy (non-hydrogen) atoms. The number of carbonyl (C=O) groups is 1. The Morgan fingerprint density at radius 2 is 1.89 bits per heavy atom. The average molecular weight is 326 g/mol. The van der Waals surface area contributed by atoms with Crippen LogP contribution in [0.5, 0.6) is 0 Å². The normalized spacial score (nSPS) is 24.5. The Labute approximate surface area is 122 Å². The van der Waals surface area contributed by atoms with Crippen molar-refractivity contribution in [3.8, 4) is 0 Å². The molecule has 104 valence electrons. The van der Waals surface area contributed by atoms with Crippen LogP contribution < -0.4 is 5.73 Å². The van der Waals surface area contributed by atoms with E-state index in [-0.39, 0.29) is 5.91 Å². The van der Waals surface area contributed by atoms with Gasteiger partial charge >= 0.3 is 0 Å². The predicted octanol–water partition coefficient (Wildman–Crippen LogP) is 2.20. The Morgan fingerprint density at radius 3 is 2.47 bits per heavy atom. The summed E-state index contributed by atoms with van der Waals surface area (Å²) in [6.45, 7) is 5.76. The molecule has 2 atom stereocenters. The Kier molecular flexibility index (Phi) is 4.16. The molecule has 0 bridgehead atoms. The number of benzene rings is 1. The topological polar surface area (TPSA) is 49.6 Å². The predicted molar refractivity (Wildman–Crippen MR) is 81.1 cm³/mol. The molecule has 5 heteroatoms. The summed E-state index contributed by atoms with van der Waals surface area (Å²) in [4.78, 5) is 16.8. The molecular formula is C14H20BrN3O. The molecule has 0 saturated carbocycles. The average Bonchev–Trinajstić information content (AvgIpc) is 2.37. The van der Waals surface area contributed by atoms with Crippen molar-refractivity contribution in [3.05, 3.63) is 28.2 Å². The molecule has 2 unspecified atom stereocenters. The SMILES string of the molecule is CC1CN(C(=O)c2cc(Br)ccc2N)CC(C)N1C. The monoisotopic (exact) mass is 325 g/mol. The summed E-state index contributed by atoms with van der Waals surface area (Å²) in [7, 11) is 2.10. The van der Waals surface area contributed by atoms with Crippen molar-refractivity contribution >= 4 is 27.5 Å². The molecule has 0 radical (unpaired) electrons. The lowest BCUT2D eigenvalue weighted by Crippen LogP contribution is -2.56. The first-order chi connectivity index (χ1) is 8.90. The largest absolute Gasteiger partial charge is 0.398 e. The second kappa shape index (κ2) is 5.51. The van der Waals surface area contributed by atoms with Crippen LogP contribution in [0.2, 0.25) is 0 Å². The lowest BCUT2D eigenvalue weighted by atomic mass is 10.1. The van der Waals surface area contributed by atoms with Crippen molar-refractivity contribution in [2.24, 2.45) is 0 Å². The lowest BCUT2D eigenvalue weighted by molar-refractivity contribution is 0.0415. The number of halogens is 1. The molecule has 1 aromatic carbocycles. The highest BCUT2D eigenvalue weighted by molar-refractivity contribution is 9.10. The number of hydrogen-bond acceptors (Lipinski definition) is 3. The van der Waals surface area contributed by atoms with E-state index in [4.69, 9.17) is 5.73 Å². The maximum absolute atomic E-state index is 12.6. The Morgan fingerprint density at radius 1 is 1.32 bits per heavy atom. The van der Waals surface area contributed by atoms with E-state index in [0.29, 0.717) is 23.3 Å². The Balaban J connectivity index is 2.22. The number of nitrogen functional groups attached to an aromatic ring is 1. The van der Waals surface area contributed by atoms with E-state index in [9.17, 15) is 4.79 Å². The number of piperazine rings is 1. The fourth-order valence-corrected chi connectivity index (χ4v) is 2.82. The summed E-state index contributed by atoms with van der Waals surface area (Å²) in [6.07, 6.45) is 0. The number of amides is 1. The number of nitrogens with zero attached hydrogens (tertiary/aromatic N) is 2. The van der Waals surface area contributed by atoms with E-state index in [2.05, 4.69) is 41.7 Å². The summed E-state index contributed by atoms with van der Waals surface area (Å²) < 4.78 is 0.875. The first-order valence-corrected chi connectivity index (χ1v) is 7.25. The molecule has 1 fully saturated rings. The molecule has 2 rings (SSSR count). The maximum Gasteiger partial charge on any atom is 0.256 e. The fraction of sp³-hybridized carbons (Fsp3) is 0.500. The van der Waals surface area contributed by atoms with Gasteiger partial charge in [0.25, 0.3) is 5.91 Å². The quantitative estimate of drug-likeness (QED) is 0.805. The molecule has 0 aliphatic carbocycles. The molecule has 1 aliphatic heterocycles. The van der Waals surface area contributed by atoms with E-state index in [1.165, 1.54) is 0 Å². The van der Waals surface area contributed by atoms with E-state index in [1.54, 1.807) is 12.1 Å². The second-order valence-corrected chi connectivity index (χ2v) is 6.22. The molecule has 1 saturated heterocycles. The van der Waals surface area contributed by atoms with Gasteiger partial charge in [0.15, 0.2) is 0 Å². The highest BCUT2D eigenvalue weighted by Crippen LogP contribution is 2.22. The van der Waals surface area contributed by atoms with Gasteiger partial charge in [-0.1, -0.05) is 15.9 Å². The molecule has 1 amide bonds. The van der Waals surface area contributed by atoms with Crippen molar-refractivity contribution in [1.29, 1.82) is 0 Å². The van der Waals surface area contributed by atoms with Gasteiger partial charge in [-0.25, -0.2) is 0 Å².